The van der Waals surface area contributed by atoms with Crippen molar-refractivity contribution in [2.45, 2.75) is 64.7 Å². The Hall–Kier alpha value is -5.96. The molecule has 0 bridgehead atoms. The van der Waals surface area contributed by atoms with Gasteiger partial charge in [-0.3, -0.25) is 9.59 Å². The molecule has 4 N–H and O–H groups in total. The van der Waals surface area contributed by atoms with Crippen molar-refractivity contribution in [1.29, 1.82) is 0 Å². The predicted molar refractivity (Wildman–Crippen MR) is 214 cm³/mol. The van der Waals surface area contributed by atoms with E-state index in [0.29, 0.717) is 25.5 Å². The number of methoxy groups -OCH3 is 2. The van der Waals surface area contributed by atoms with Crippen LogP contribution in [0.4, 0.5) is 9.59 Å². The fraction of sp³-hybridized carbons (Fsp3) is 0.429. The number of ether oxygens (including phenoxy) is 3. The average molecular weight is 779 g/mol. The van der Waals surface area contributed by atoms with Crippen molar-refractivity contribution in [2.24, 2.45) is 11.8 Å². The number of aromatic amines is 2. The van der Waals surface area contributed by atoms with Crippen LogP contribution in [0.15, 0.2) is 60.8 Å². The van der Waals surface area contributed by atoms with Gasteiger partial charge in [0.1, 0.15) is 29.8 Å². The third-order valence-corrected chi connectivity index (χ3v) is 10.9. The summed E-state index contributed by atoms with van der Waals surface area (Å²) in [5.41, 5.74) is 5.48. The number of likely N-dealkylation sites (tertiary alicyclic amines) is 1. The maximum atomic E-state index is 13.7. The lowest BCUT2D eigenvalue weighted by Crippen LogP contribution is -2.54. The van der Waals surface area contributed by atoms with Crippen molar-refractivity contribution >= 4 is 45.8 Å². The van der Waals surface area contributed by atoms with Gasteiger partial charge in [-0.1, -0.05) is 58.0 Å². The SMILES string of the molecule is COC(=O)N[C@H](C(=O)N1CCC[C@H]1c1ncc(-c2ccc3cc(-c4ccc5nc([C@@H]6COCCN6C(=O)[C@@H](NC(=O)OC)C(C)C)[nH]c5c4)ccc3c2)[nH]1)C(C)C. The van der Waals surface area contributed by atoms with Crippen LogP contribution in [-0.4, -0.2) is 106 Å². The van der Waals surface area contributed by atoms with Gasteiger partial charge in [0.15, 0.2) is 0 Å². The van der Waals surface area contributed by atoms with Gasteiger partial charge in [-0.25, -0.2) is 19.6 Å². The number of morpholine rings is 1. The third-order valence-electron chi connectivity index (χ3n) is 10.9. The van der Waals surface area contributed by atoms with Gasteiger partial charge in [0.2, 0.25) is 11.8 Å². The van der Waals surface area contributed by atoms with Gasteiger partial charge < -0.3 is 44.6 Å². The zero-order valence-electron chi connectivity index (χ0n) is 33.1. The lowest BCUT2D eigenvalue weighted by Gasteiger charge is -2.37. The van der Waals surface area contributed by atoms with E-state index < -0.39 is 30.3 Å². The van der Waals surface area contributed by atoms with Crippen LogP contribution in [0.1, 0.15) is 64.3 Å². The summed E-state index contributed by atoms with van der Waals surface area (Å²) in [5.74, 6) is 0.712. The van der Waals surface area contributed by atoms with E-state index in [-0.39, 0.29) is 36.3 Å². The van der Waals surface area contributed by atoms with Gasteiger partial charge in [0, 0.05) is 18.7 Å². The molecule has 0 aliphatic carbocycles. The molecule has 300 valence electrons. The van der Waals surface area contributed by atoms with Crippen LogP contribution < -0.4 is 10.6 Å². The molecule has 0 unspecified atom stereocenters. The number of amides is 4. The van der Waals surface area contributed by atoms with E-state index in [2.05, 4.69) is 63.1 Å². The van der Waals surface area contributed by atoms with Gasteiger partial charge in [0.25, 0.3) is 0 Å². The molecule has 7 rings (SSSR count). The molecule has 4 amide bonds. The highest BCUT2D eigenvalue weighted by Crippen LogP contribution is 2.35. The van der Waals surface area contributed by atoms with E-state index in [4.69, 9.17) is 24.2 Å². The van der Waals surface area contributed by atoms with E-state index in [1.54, 1.807) is 4.90 Å². The van der Waals surface area contributed by atoms with E-state index in [0.717, 1.165) is 62.9 Å². The monoisotopic (exact) mass is 778 g/mol. The highest BCUT2D eigenvalue weighted by atomic mass is 16.5. The molecular weight excluding hydrogens is 729 g/mol. The van der Waals surface area contributed by atoms with Crippen LogP contribution in [-0.2, 0) is 23.8 Å². The fourth-order valence-electron chi connectivity index (χ4n) is 7.78. The molecule has 0 radical (unpaired) electrons. The number of hydrogen-bond donors (Lipinski definition) is 4. The molecule has 4 heterocycles. The maximum absolute atomic E-state index is 13.7. The zero-order chi connectivity index (χ0) is 40.4. The summed E-state index contributed by atoms with van der Waals surface area (Å²) in [5, 5.41) is 7.52. The van der Waals surface area contributed by atoms with Crippen molar-refractivity contribution < 1.29 is 33.4 Å². The van der Waals surface area contributed by atoms with Gasteiger partial charge in [-0.2, -0.15) is 0 Å². The second-order valence-electron chi connectivity index (χ2n) is 15.3. The Morgan fingerprint density at radius 3 is 2.00 bits per heavy atom. The number of fused-ring (bicyclic) bond motifs is 2. The topological polar surface area (TPSA) is 184 Å². The molecule has 0 spiro atoms. The average Bonchev–Trinajstić information content (AvgIpc) is 4.01. The Bertz CT molecular complexity index is 2280. The number of imidazole rings is 2. The molecule has 15 nitrogen and oxygen atoms in total. The minimum absolute atomic E-state index is 0.112. The summed E-state index contributed by atoms with van der Waals surface area (Å²) in [6.45, 7) is 9.19. The van der Waals surface area contributed by atoms with Crippen LogP contribution in [0.5, 0.6) is 0 Å². The molecule has 5 aromatic rings. The van der Waals surface area contributed by atoms with Gasteiger partial charge in [0.05, 0.1) is 56.4 Å². The lowest BCUT2D eigenvalue weighted by molar-refractivity contribution is -0.143. The maximum Gasteiger partial charge on any atom is 0.407 e. The largest absolute Gasteiger partial charge is 0.453 e. The number of alkyl carbamates (subject to hydrolysis) is 2. The molecule has 2 aromatic heterocycles. The minimum Gasteiger partial charge on any atom is -0.453 e. The van der Waals surface area contributed by atoms with Crippen LogP contribution >= 0.6 is 0 Å². The van der Waals surface area contributed by atoms with Crippen LogP contribution in [0.3, 0.4) is 0 Å². The lowest BCUT2D eigenvalue weighted by atomic mass is 9.99. The Balaban J connectivity index is 1.08. The molecule has 57 heavy (non-hydrogen) atoms. The number of benzene rings is 3. The fourth-order valence-corrected chi connectivity index (χ4v) is 7.78. The van der Waals surface area contributed by atoms with Crippen molar-refractivity contribution in [2.75, 3.05) is 40.5 Å². The van der Waals surface area contributed by atoms with Crippen LogP contribution in [0, 0.1) is 11.8 Å². The molecule has 2 saturated heterocycles. The van der Waals surface area contributed by atoms with Gasteiger partial charge in [-0.05, 0) is 70.8 Å². The molecule has 4 atom stereocenters. The summed E-state index contributed by atoms with van der Waals surface area (Å²) in [6.07, 6.45) is 2.14. The normalized spacial score (nSPS) is 18.2. The number of aromatic nitrogens is 4. The van der Waals surface area contributed by atoms with Crippen LogP contribution in [0.25, 0.3) is 44.2 Å². The quantitative estimate of drug-likeness (QED) is 0.130. The van der Waals surface area contributed by atoms with E-state index in [1.165, 1.54) is 14.2 Å². The summed E-state index contributed by atoms with van der Waals surface area (Å²) in [6, 6.07) is 16.6. The molecule has 2 fully saturated rings. The standard InChI is InChI=1S/C42H50N8O7/c1-23(2)35(47-41(53)55-5)39(51)49-15-7-8-33(49)37-43-21-32(46-37)29-12-11-25-18-26(9-10-27(25)19-29)28-13-14-30-31(20-28)45-38(44-30)34-22-57-17-16-50(34)40(52)36(24(3)4)48-42(54)56-6/h9-14,18-21,23-24,33-36H,7-8,15-17,22H2,1-6H3,(H,43,46)(H,44,45)(H,47,53)(H,48,54)/t33-,34-,35-,36-/m0/s1. The first-order valence-corrected chi connectivity index (χ1v) is 19.4. The second-order valence-corrected chi connectivity index (χ2v) is 15.3. The summed E-state index contributed by atoms with van der Waals surface area (Å²) < 4.78 is 15.3. The minimum atomic E-state index is -0.753. The van der Waals surface area contributed by atoms with Gasteiger partial charge in [-0.15, -0.1) is 0 Å². The highest BCUT2D eigenvalue weighted by molar-refractivity contribution is 5.92. The van der Waals surface area contributed by atoms with Crippen molar-refractivity contribution in [3.63, 3.8) is 0 Å². The summed E-state index contributed by atoms with van der Waals surface area (Å²) >= 11 is 0. The predicted octanol–water partition coefficient (Wildman–Crippen LogP) is 6.10. The van der Waals surface area contributed by atoms with Gasteiger partial charge >= 0.3 is 12.2 Å². The Morgan fingerprint density at radius 2 is 1.35 bits per heavy atom. The zero-order valence-corrected chi connectivity index (χ0v) is 33.1. The number of carbonyl (C=O) groups is 4. The molecule has 2 aliphatic heterocycles. The molecule has 3 aromatic carbocycles. The Morgan fingerprint density at radius 1 is 0.754 bits per heavy atom. The van der Waals surface area contributed by atoms with E-state index in [9.17, 15) is 19.2 Å². The molecular formula is C42H50N8O7. The first-order chi connectivity index (χ1) is 27.4. The first-order valence-electron chi connectivity index (χ1n) is 19.4. The first kappa shape index (κ1) is 39.3. The number of nitrogens with one attached hydrogen (secondary N) is 4. The Labute approximate surface area is 330 Å². The van der Waals surface area contributed by atoms with Crippen molar-refractivity contribution in [3.8, 4) is 22.4 Å². The highest BCUT2D eigenvalue weighted by Gasteiger charge is 2.38. The van der Waals surface area contributed by atoms with E-state index >= 15 is 0 Å². The third kappa shape index (κ3) is 8.15. The molecule has 2 aliphatic rings. The number of H-pyrrole nitrogens is 2. The smallest absolute Gasteiger partial charge is 0.407 e. The van der Waals surface area contributed by atoms with E-state index in [1.807, 2.05) is 50.9 Å². The number of hydrogen-bond acceptors (Lipinski definition) is 9. The van der Waals surface area contributed by atoms with Crippen LogP contribution in [0.2, 0.25) is 0 Å². The number of rotatable bonds is 10. The van der Waals surface area contributed by atoms with Crippen molar-refractivity contribution in [1.82, 2.24) is 40.4 Å². The van der Waals surface area contributed by atoms with Crippen molar-refractivity contribution in [3.05, 3.63) is 72.4 Å². The number of carbonyl (C=O) groups excluding carboxylic acids is 4. The Kier molecular flexibility index (Phi) is 11.5. The summed E-state index contributed by atoms with van der Waals surface area (Å²) in [4.78, 5) is 71.3. The number of nitrogens with zero attached hydrogens (tertiary/aromatic N) is 4. The molecule has 15 heteroatoms. The molecule has 0 saturated carbocycles. The summed E-state index contributed by atoms with van der Waals surface area (Å²) in [7, 11) is 2.57. The second kappa shape index (κ2) is 16.6.